The van der Waals surface area contributed by atoms with E-state index in [9.17, 15) is 4.39 Å². The third-order valence-electron chi connectivity index (χ3n) is 3.81. The number of hydrogen-bond donors (Lipinski definition) is 0. The molecule has 0 aliphatic carbocycles. The first-order chi connectivity index (χ1) is 8.16. The molecule has 0 radical (unpaired) electrons. The van der Waals surface area contributed by atoms with Gasteiger partial charge in [0.15, 0.2) is 0 Å². The Hall–Kier alpha value is -0.385. The molecule has 1 aromatic carbocycles. The Kier molecular flexibility index (Phi) is 3.37. The third kappa shape index (κ3) is 2.13. The summed E-state index contributed by atoms with van der Waals surface area (Å²) in [5.74, 6) is -0.314. The van der Waals surface area contributed by atoms with Crippen molar-refractivity contribution < 1.29 is 13.7 Å². The Morgan fingerprint density at radius 1 is 1.11 bits per heavy atom. The van der Waals surface area contributed by atoms with Crippen molar-refractivity contribution in [3.63, 3.8) is 0 Å². The SMILES string of the molecule is Cc1ccc(F)c(B2OC(C)(C)C(C)(C)O2)c1Br. The van der Waals surface area contributed by atoms with Gasteiger partial charge in [-0.1, -0.05) is 22.0 Å². The number of halogens is 2. The van der Waals surface area contributed by atoms with Crippen LogP contribution in [0, 0.1) is 12.7 Å². The number of hydrogen-bond acceptors (Lipinski definition) is 2. The third-order valence-corrected chi connectivity index (χ3v) is 4.86. The van der Waals surface area contributed by atoms with Gasteiger partial charge in [0.05, 0.1) is 11.2 Å². The van der Waals surface area contributed by atoms with Crippen LogP contribution in [0.4, 0.5) is 4.39 Å². The Labute approximate surface area is 116 Å². The lowest BCUT2D eigenvalue weighted by Crippen LogP contribution is -2.41. The molecule has 1 fully saturated rings. The molecule has 0 aromatic heterocycles. The van der Waals surface area contributed by atoms with Crippen LogP contribution in [0.3, 0.4) is 0 Å². The number of aryl methyl sites for hydroxylation is 1. The van der Waals surface area contributed by atoms with E-state index in [4.69, 9.17) is 9.31 Å². The van der Waals surface area contributed by atoms with Gasteiger partial charge in [0.25, 0.3) is 0 Å². The van der Waals surface area contributed by atoms with Gasteiger partial charge in [-0.25, -0.2) is 4.39 Å². The maximum Gasteiger partial charge on any atom is 0.499 e. The Morgan fingerprint density at radius 2 is 1.61 bits per heavy atom. The molecule has 1 aromatic rings. The lowest BCUT2D eigenvalue weighted by molar-refractivity contribution is 0.00578. The van der Waals surface area contributed by atoms with E-state index in [1.165, 1.54) is 6.07 Å². The van der Waals surface area contributed by atoms with Crippen molar-refractivity contribution in [3.8, 4) is 0 Å². The molecule has 1 aliphatic heterocycles. The molecule has 18 heavy (non-hydrogen) atoms. The second-order valence-electron chi connectivity index (χ2n) is 5.68. The molecule has 0 unspecified atom stereocenters. The van der Waals surface area contributed by atoms with Crippen LogP contribution in [0.5, 0.6) is 0 Å². The first-order valence-corrected chi connectivity index (χ1v) is 6.75. The molecule has 0 spiro atoms. The van der Waals surface area contributed by atoms with Gasteiger partial charge >= 0.3 is 7.12 Å². The summed E-state index contributed by atoms with van der Waals surface area (Å²) >= 11 is 3.42. The number of rotatable bonds is 1. The fourth-order valence-corrected chi connectivity index (χ4v) is 2.36. The highest BCUT2D eigenvalue weighted by atomic mass is 79.9. The van der Waals surface area contributed by atoms with Crippen LogP contribution in [0.2, 0.25) is 0 Å². The normalized spacial score (nSPS) is 21.4. The molecule has 2 nitrogen and oxygen atoms in total. The van der Waals surface area contributed by atoms with Crippen molar-refractivity contribution in [1.82, 2.24) is 0 Å². The summed E-state index contributed by atoms with van der Waals surface area (Å²) in [5, 5.41) is 0. The minimum absolute atomic E-state index is 0.314. The van der Waals surface area contributed by atoms with Crippen LogP contribution < -0.4 is 5.46 Å². The zero-order valence-corrected chi connectivity index (χ0v) is 12.9. The lowest BCUT2D eigenvalue weighted by atomic mass is 9.78. The van der Waals surface area contributed by atoms with E-state index in [2.05, 4.69) is 15.9 Å². The van der Waals surface area contributed by atoms with E-state index in [1.807, 2.05) is 34.6 Å². The highest BCUT2D eigenvalue weighted by molar-refractivity contribution is 9.10. The Balaban J connectivity index is 2.44. The van der Waals surface area contributed by atoms with Crippen LogP contribution in [-0.2, 0) is 9.31 Å². The fraction of sp³-hybridized carbons (Fsp3) is 0.538. The van der Waals surface area contributed by atoms with E-state index < -0.39 is 18.3 Å². The monoisotopic (exact) mass is 314 g/mol. The zero-order valence-electron chi connectivity index (χ0n) is 11.3. The first kappa shape index (κ1) is 14.0. The minimum Gasteiger partial charge on any atom is -0.399 e. The van der Waals surface area contributed by atoms with Gasteiger partial charge in [-0.3, -0.25) is 0 Å². The summed E-state index contributed by atoms with van der Waals surface area (Å²) in [6.45, 7) is 9.73. The van der Waals surface area contributed by atoms with E-state index in [0.717, 1.165) is 5.56 Å². The largest absolute Gasteiger partial charge is 0.499 e. The molecule has 0 N–H and O–H groups in total. The zero-order chi connectivity index (χ0) is 13.7. The van der Waals surface area contributed by atoms with E-state index >= 15 is 0 Å². The average Bonchev–Trinajstić information content (AvgIpc) is 2.43. The molecular formula is C13H17BBrFO2. The predicted molar refractivity (Wildman–Crippen MR) is 74.6 cm³/mol. The molecule has 0 bridgehead atoms. The Bertz CT molecular complexity index is 472. The van der Waals surface area contributed by atoms with Crippen LogP contribution in [0.25, 0.3) is 0 Å². The molecular weight excluding hydrogens is 298 g/mol. The van der Waals surface area contributed by atoms with Gasteiger partial charge in [-0.2, -0.15) is 0 Å². The molecule has 98 valence electrons. The summed E-state index contributed by atoms with van der Waals surface area (Å²) in [6, 6.07) is 3.18. The first-order valence-electron chi connectivity index (χ1n) is 5.96. The van der Waals surface area contributed by atoms with Crippen molar-refractivity contribution in [1.29, 1.82) is 0 Å². The average molecular weight is 315 g/mol. The summed E-state index contributed by atoms with van der Waals surface area (Å²) in [7, 11) is -0.677. The van der Waals surface area contributed by atoms with Crippen molar-refractivity contribution in [2.45, 2.75) is 45.8 Å². The number of benzene rings is 1. The molecule has 0 atom stereocenters. The van der Waals surface area contributed by atoms with Crippen LogP contribution in [0.15, 0.2) is 16.6 Å². The van der Waals surface area contributed by atoms with Crippen LogP contribution in [-0.4, -0.2) is 18.3 Å². The van der Waals surface area contributed by atoms with E-state index in [0.29, 0.717) is 9.94 Å². The second kappa shape index (κ2) is 4.32. The van der Waals surface area contributed by atoms with Crippen LogP contribution in [0.1, 0.15) is 33.3 Å². The van der Waals surface area contributed by atoms with Gasteiger partial charge < -0.3 is 9.31 Å². The van der Waals surface area contributed by atoms with Crippen molar-refractivity contribution >= 4 is 28.5 Å². The fourth-order valence-electron chi connectivity index (χ4n) is 1.86. The van der Waals surface area contributed by atoms with Crippen molar-refractivity contribution in [3.05, 3.63) is 28.0 Å². The highest BCUT2D eigenvalue weighted by Gasteiger charge is 2.53. The summed E-state index contributed by atoms with van der Waals surface area (Å²) in [5.41, 5.74) is 0.468. The Morgan fingerprint density at radius 3 is 2.11 bits per heavy atom. The van der Waals surface area contributed by atoms with Gasteiger partial charge in [0.1, 0.15) is 5.82 Å². The maximum atomic E-state index is 14.0. The van der Waals surface area contributed by atoms with Crippen molar-refractivity contribution in [2.75, 3.05) is 0 Å². The molecule has 0 saturated carbocycles. The summed E-state index contributed by atoms with van der Waals surface area (Å²) < 4.78 is 26.5. The summed E-state index contributed by atoms with van der Waals surface area (Å²) in [4.78, 5) is 0. The van der Waals surface area contributed by atoms with Crippen molar-refractivity contribution in [2.24, 2.45) is 0 Å². The topological polar surface area (TPSA) is 18.5 Å². The molecule has 2 rings (SSSR count). The maximum absolute atomic E-state index is 14.0. The smallest absolute Gasteiger partial charge is 0.399 e. The van der Waals surface area contributed by atoms with Crippen LogP contribution >= 0.6 is 15.9 Å². The van der Waals surface area contributed by atoms with E-state index in [-0.39, 0.29) is 5.82 Å². The predicted octanol–water partition coefficient (Wildman–Crippen LogP) is 3.20. The quantitative estimate of drug-likeness (QED) is 0.741. The van der Waals surface area contributed by atoms with E-state index in [1.54, 1.807) is 6.07 Å². The lowest BCUT2D eigenvalue weighted by Gasteiger charge is -2.32. The molecule has 1 aliphatic rings. The molecule has 1 saturated heterocycles. The van der Waals surface area contributed by atoms with Gasteiger partial charge in [-0.15, -0.1) is 0 Å². The second-order valence-corrected chi connectivity index (χ2v) is 6.47. The molecule has 5 heteroatoms. The van der Waals surface area contributed by atoms with Gasteiger partial charge in [0.2, 0.25) is 0 Å². The highest BCUT2D eigenvalue weighted by Crippen LogP contribution is 2.37. The minimum atomic E-state index is -0.677. The standard InChI is InChI=1S/C13H17BBrFO2/c1-8-6-7-9(16)10(11(8)15)14-17-12(2,3)13(4,5)18-14/h6-7H,1-5H3. The van der Waals surface area contributed by atoms with Gasteiger partial charge in [0, 0.05) is 9.94 Å². The molecule has 0 amide bonds. The molecule has 1 heterocycles. The van der Waals surface area contributed by atoms with Gasteiger partial charge in [-0.05, 0) is 46.2 Å². The summed E-state index contributed by atoms with van der Waals surface area (Å²) in [6.07, 6.45) is 0.